The number of phenols is 1. The van der Waals surface area contributed by atoms with Crippen LogP contribution in [0.4, 0.5) is 5.69 Å². The van der Waals surface area contributed by atoms with E-state index in [2.05, 4.69) is 5.32 Å². The Morgan fingerprint density at radius 2 is 2.00 bits per heavy atom. The Morgan fingerprint density at radius 3 is 2.77 bits per heavy atom. The van der Waals surface area contributed by atoms with Crippen LogP contribution < -0.4 is 15.0 Å². The number of ether oxygens (including phenoxy) is 1. The summed E-state index contributed by atoms with van der Waals surface area (Å²) in [5.74, 6) is 0.322. The van der Waals surface area contributed by atoms with E-state index in [1.807, 2.05) is 37.1 Å². The SMILES string of the molecule is CCOc1cccc([C@@H]2NC(=O)c3ccccc3N2C)c1O. The second-order valence-corrected chi connectivity index (χ2v) is 5.13. The Bertz CT molecular complexity index is 715. The molecule has 0 saturated heterocycles. The number of fused-ring (bicyclic) bond motifs is 1. The van der Waals surface area contributed by atoms with Gasteiger partial charge in [-0.25, -0.2) is 0 Å². The quantitative estimate of drug-likeness (QED) is 0.914. The van der Waals surface area contributed by atoms with Crippen molar-refractivity contribution in [3.05, 3.63) is 53.6 Å². The lowest BCUT2D eigenvalue weighted by Crippen LogP contribution is -2.44. The number of phenolic OH excluding ortho intramolecular Hbond substituents is 1. The van der Waals surface area contributed by atoms with Gasteiger partial charge in [-0.15, -0.1) is 0 Å². The average Bonchev–Trinajstić information content (AvgIpc) is 2.53. The number of benzene rings is 2. The molecule has 1 heterocycles. The highest BCUT2D eigenvalue weighted by molar-refractivity contribution is 6.02. The van der Waals surface area contributed by atoms with Gasteiger partial charge >= 0.3 is 0 Å². The van der Waals surface area contributed by atoms with E-state index in [0.717, 1.165) is 5.69 Å². The van der Waals surface area contributed by atoms with E-state index in [9.17, 15) is 9.90 Å². The van der Waals surface area contributed by atoms with Gasteiger partial charge in [0, 0.05) is 12.6 Å². The van der Waals surface area contributed by atoms with Gasteiger partial charge < -0.3 is 20.1 Å². The van der Waals surface area contributed by atoms with Gasteiger partial charge in [0.1, 0.15) is 6.17 Å². The van der Waals surface area contributed by atoms with Crippen molar-refractivity contribution in [2.45, 2.75) is 13.1 Å². The van der Waals surface area contributed by atoms with Crippen molar-refractivity contribution < 1.29 is 14.6 Å². The number of carbonyl (C=O) groups excluding carboxylic acids is 1. The number of nitrogens with one attached hydrogen (secondary N) is 1. The number of hydrogen-bond acceptors (Lipinski definition) is 4. The fourth-order valence-corrected chi connectivity index (χ4v) is 2.73. The van der Waals surface area contributed by atoms with E-state index >= 15 is 0 Å². The molecule has 2 aromatic carbocycles. The zero-order valence-electron chi connectivity index (χ0n) is 12.5. The summed E-state index contributed by atoms with van der Waals surface area (Å²) in [6.07, 6.45) is -0.442. The summed E-state index contributed by atoms with van der Waals surface area (Å²) in [6, 6.07) is 12.7. The molecule has 0 bridgehead atoms. The molecule has 1 atom stereocenters. The van der Waals surface area contributed by atoms with Gasteiger partial charge in [-0.3, -0.25) is 4.79 Å². The lowest BCUT2D eigenvalue weighted by molar-refractivity contribution is 0.0927. The van der Waals surface area contributed by atoms with Gasteiger partial charge in [0.15, 0.2) is 11.5 Å². The van der Waals surface area contributed by atoms with Crippen molar-refractivity contribution >= 4 is 11.6 Å². The van der Waals surface area contributed by atoms with Crippen molar-refractivity contribution in [2.24, 2.45) is 0 Å². The molecule has 0 saturated carbocycles. The number of nitrogens with zero attached hydrogens (tertiary/aromatic N) is 1. The lowest BCUT2D eigenvalue weighted by atomic mass is 10.0. The highest BCUT2D eigenvalue weighted by Crippen LogP contribution is 2.38. The summed E-state index contributed by atoms with van der Waals surface area (Å²) in [7, 11) is 1.88. The molecule has 0 spiro atoms. The molecule has 1 amide bonds. The van der Waals surface area contributed by atoms with Crippen molar-refractivity contribution in [3.63, 3.8) is 0 Å². The van der Waals surface area contributed by atoms with Crippen LogP contribution in [0.25, 0.3) is 0 Å². The summed E-state index contributed by atoms with van der Waals surface area (Å²) in [4.78, 5) is 14.2. The Balaban J connectivity index is 2.04. The Kier molecular flexibility index (Phi) is 3.63. The largest absolute Gasteiger partial charge is 0.504 e. The van der Waals surface area contributed by atoms with E-state index in [1.54, 1.807) is 24.3 Å². The molecular formula is C17H18N2O3. The van der Waals surface area contributed by atoms with E-state index < -0.39 is 6.17 Å². The van der Waals surface area contributed by atoms with E-state index in [1.165, 1.54) is 0 Å². The first-order valence-electron chi connectivity index (χ1n) is 7.21. The summed E-state index contributed by atoms with van der Waals surface area (Å²) in [5, 5.41) is 13.3. The van der Waals surface area contributed by atoms with Crippen molar-refractivity contribution in [1.82, 2.24) is 5.32 Å². The van der Waals surface area contributed by atoms with Crippen LogP contribution in [0.1, 0.15) is 29.0 Å². The minimum atomic E-state index is -0.442. The van der Waals surface area contributed by atoms with Crippen molar-refractivity contribution in [3.8, 4) is 11.5 Å². The van der Waals surface area contributed by atoms with Crippen molar-refractivity contribution in [2.75, 3.05) is 18.6 Å². The standard InChI is InChI=1S/C17H18N2O3/c1-3-22-14-10-6-8-12(15(14)20)16-18-17(21)11-7-4-5-9-13(11)19(16)2/h4-10,16,20H,3H2,1-2H3,(H,18,21)/t16-/m1/s1. The van der Waals surface area contributed by atoms with Crippen LogP contribution in [0.3, 0.4) is 0 Å². The van der Waals surface area contributed by atoms with Crippen LogP contribution in [0.2, 0.25) is 0 Å². The molecule has 0 aromatic heterocycles. The minimum Gasteiger partial charge on any atom is -0.504 e. The molecule has 1 aliphatic heterocycles. The predicted molar refractivity (Wildman–Crippen MR) is 84.3 cm³/mol. The maximum Gasteiger partial charge on any atom is 0.255 e. The lowest BCUT2D eigenvalue weighted by Gasteiger charge is -2.36. The van der Waals surface area contributed by atoms with Gasteiger partial charge in [-0.2, -0.15) is 0 Å². The molecule has 0 radical (unpaired) electrons. The smallest absolute Gasteiger partial charge is 0.255 e. The van der Waals surface area contributed by atoms with Crippen LogP contribution in [0.15, 0.2) is 42.5 Å². The summed E-state index contributed by atoms with van der Waals surface area (Å²) in [6.45, 7) is 2.32. The Hall–Kier alpha value is -2.69. The molecule has 0 unspecified atom stereocenters. The van der Waals surface area contributed by atoms with Gasteiger partial charge in [-0.1, -0.05) is 24.3 Å². The molecule has 22 heavy (non-hydrogen) atoms. The van der Waals surface area contributed by atoms with Crippen LogP contribution in [0, 0.1) is 0 Å². The molecule has 2 aromatic rings. The first kappa shape index (κ1) is 14.3. The predicted octanol–water partition coefficient (Wildman–Crippen LogP) is 2.67. The topological polar surface area (TPSA) is 61.8 Å². The first-order chi connectivity index (χ1) is 10.6. The maximum atomic E-state index is 12.3. The number of rotatable bonds is 3. The second kappa shape index (κ2) is 5.60. The minimum absolute atomic E-state index is 0.0564. The fourth-order valence-electron chi connectivity index (χ4n) is 2.73. The molecule has 0 fully saturated rings. The summed E-state index contributed by atoms with van der Waals surface area (Å²) in [5.41, 5.74) is 2.07. The van der Waals surface area contributed by atoms with Crippen molar-refractivity contribution in [1.29, 1.82) is 0 Å². The fraction of sp³-hybridized carbons (Fsp3) is 0.235. The number of hydrogen-bond donors (Lipinski definition) is 2. The zero-order chi connectivity index (χ0) is 15.7. The molecule has 5 nitrogen and oxygen atoms in total. The normalized spacial score (nSPS) is 16.9. The molecule has 0 aliphatic carbocycles. The van der Waals surface area contributed by atoms with Crippen LogP contribution in [0.5, 0.6) is 11.5 Å². The van der Waals surface area contributed by atoms with Gasteiger partial charge in [0.2, 0.25) is 0 Å². The van der Waals surface area contributed by atoms with Crippen LogP contribution in [-0.4, -0.2) is 24.7 Å². The number of para-hydroxylation sites is 2. The van der Waals surface area contributed by atoms with E-state index in [0.29, 0.717) is 23.5 Å². The van der Waals surface area contributed by atoms with Crippen LogP contribution >= 0.6 is 0 Å². The molecule has 114 valence electrons. The van der Waals surface area contributed by atoms with E-state index in [4.69, 9.17) is 4.74 Å². The highest BCUT2D eigenvalue weighted by atomic mass is 16.5. The second-order valence-electron chi connectivity index (χ2n) is 5.13. The molecular weight excluding hydrogens is 280 g/mol. The molecule has 1 aliphatic rings. The van der Waals surface area contributed by atoms with Gasteiger partial charge in [0.05, 0.1) is 17.9 Å². The third-order valence-corrected chi connectivity index (χ3v) is 3.81. The van der Waals surface area contributed by atoms with Gasteiger partial charge in [0.25, 0.3) is 5.91 Å². The third kappa shape index (κ3) is 2.24. The molecule has 5 heteroatoms. The average molecular weight is 298 g/mol. The third-order valence-electron chi connectivity index (χ3n) is 3.81. The Labute approximate surface area is 129 Å². The monoisotopic (exact) mass is 298 g/mol. The van der Waals surface area contributed by atoms with Gasteiger partial charge in [-0.05, 0) is 25.1 Å². The summed E-state index contributed by atoms with van der Waals surface area (Å²) < 4.78 is 5.42. The highest BCUT2D eigenvalue weighted by Gasteiger charge is 2.31. The molecule has 3 rings (SSSR count). The zero-order valence-corrected chi connectivity index (χ0v) is 12.5. The first-order valence-corrected chi connectivity index (χ1v) is 7.21. The molecule has 2 N–H and O–H groups in total. The number of carbonyl (C=O) groups is 1. The Morgan fingerprint density at radius 1 is 1.23 bits per heavy atom. The van der Waals surface area contributed by atoms with Crippen LogP contribution in [-0.2, 0) is 0 Å². The number of amides is 1. The van der Waals surface area contributed by atoms with E-state index in [-0.39, 0.29) is 11.7 Å². The number of anilines is 1. The summed E-state index contributed by atoms with van der Waals surface area (Å²) >= 11 is 0. The maximum absolute atomic E-state index is 12.3. The number of aromatic hydroxyl groups is 1.